The number of nitrogens with one attached hydrogen (secondary N) is 2. The van der Waals surface area contributed by atoms with Crippen molar-refractivity contribution in [2.75, 3.05) is 20.1 Å². The third-order valence-corrected chi connectivity index (χ3v) is 4.92. The Morgan fingerprint density at radius 2 is 1.95 bits per heavy atom. The van der Waals surface area contributed by atoms with Crippen LogP contribution < -0.4 is 10.1 Å². The fourth-order valence-electron chi connectivity index (χ4n) is 2.50. The Kier molecular flexibility index (Phi) is 5.20. The van der Waals surface area contributed by atoms with Gasteiger partial charge < -0.3 is 9.88 Å². The Bertz CT molecular complexity index is 533. The summed E-state index contributed by atoms with van der Waals surface area (Å²) < 4.78 is 26.8. The third kappa shape index (κ3) is 3.60. The Morgan fingerprint density at radius 3 is 2.55 bits per heavy atom. The van der Waals surface area contributed by atoms with Crippen LogP contribution in [0.5, 0.6) is 0 Å². The molecule has 7 heteroatoms. The van der Waals surface area contributed by atoms with Gasteiger partial charge in [-0.1, -0.05) is 6.42 Å². The van der Waals surface area contributed by atoms with Crippen molar-refractivity contribution < 1.29 is 8.42 Å². The van der Waals surface area contributed by atoms with Crippen molar-refractivity contribution in [2.45, 2.75) is 44.2 Å². The van der Waals surface area contributed by atoms with Crippen LogP contribution in [-0.2, 0) is 23.1 Å². The van der Waals surface area contributed by atoms with Crippen molar-refractivity contribution in [3.63, 3.8) is 0 Å². The van der Waals surface area contributed by atoms with Crippen molar-refractivity contribution in [1.29, 1.82) is 0 Å². The SMILES string of the molecule is CCn1cc(S(=O)(=O)NN2CCCCC2)cc1CNC. The van der Waals surface area contributed by atoms with Crippen LogP contribution in [0.2, 0.25) is 0 Å². The molecule has 0 saturated carbocycles. The van der Waals surface area contributed by atoms with Gasteiger partial charge in [-0.05, 0) is 32.9 Å². The number of sulfonamides is 1. The first kappa shape index (κ1) is 15.5. The number of hydrogen-bond acceptors (Lipinski definition) is 4. The number of hydrogen-bond donors (Lipinski definition) is 2. The second kappa shape index (κ2) is 6.71. The highest BCUT2D eigenvalue weighted by Crippen LogP contribution is 2.16. The van der Waals surface area contributed by atoms with E-state index in [2.05, 4.69) is 10.1 Å². The van der Waals surface area contributed by atoms with E-state index in [9.17, 15) is 8.42 Å². The Hall–Kier alpha value is -0.890. The lowest BCUT2D eigenvalue weighted by Crippen LogP contribution is -2.44. The number of piperidine rings is 1. The monoisotopic (exact) mass is 300 g/mol. The Morgan fingerprint density at radius 1 is 1.25 bits per heavy atom. The van der Waals surface area contributed by atoms with E-state index in [1.807, 2.05) is 18.5 Å². The van der Waals surface area contributed by atoms with Gasteiger partial charge in [-0.2, -0.15) is 0 Å². The Balaban J connectivity index is 2.15. The maximum Gasteiger partial charge on any atom is 0.254 e. The highest BCUT2D eigenvalue weighted by molar-refractivity contribution is 7.89. The summed E-state index contributed by atoms with van der Waals surface area (Å²) >= 11 is 0. The zero-order valence-electron chi connectivity index (χ0n) is 12.2. The van der Waals surface area contributed by atoms with Gasteiger partial charge in [0.2, 0.25) is 0 Å². The van der Waals surface area contributed by atoms with Crippen molar-refractivity contribution in [1.82, 2.24) is 19.7 Å². The van der Waals surface area contributed by atoms with Gasteiger partial charge in [-0.25, -0.2) is 13.4 Å². The maximum absolute atomic E-state index is 12.4. The van der Waals surface area contributed by atoms with Crippen LogP contribution in [0.15, 0.2) is 17.2 Å². The van der Waals surface area contributed by atoms with Gasteiger partial charge in [0.1, 0.15) is 4.90 Å². The van der Waals surface area contributed by atoms with Gasteiger partial charge in [0.25, 0.3) is 10.0 Å². The number of aryl methyl sites for hydroxylation is 1. The molecule has 0 atom stereocenters. The second-order valence-corrected chi connectivity index (χ2v) is 6.79. The van der Waals surface area contributed by atoms with Gasteiger partial charge in [0.15, 0.2) is 0 Å². The number of aromatic nitrogens is 1. The summed E-state index contributed by atoms with van der Waals surface area (Å²) in [5.74, 6) is 0. The van der Waals surface area contributed by atoms with Gasteiger partial charge >= 0.3 is 0 Å². The second-order valence-electron chi connectivity index (χ2n) is 5.13. The molecule has 0 aliphatic carbocycles. The standard InChI is InChI=1S/C13H24N4O2S/c1-3-16-11-13(9-12(16)10-14-2)20(18,19)15-17-7-5-4-6-8-17/h9,11,14-15H,3-8,10H2,1-2H3. The Labute approximate surface area is 121 Å². The molecule has 0 spiro atoms. The number of rotatable bonds is 6. The van der Waals surface area contributed by atoms with Crippen molar-refractivity contribution in [3.05, 3.63) is 18.0 Å². The summed E-state index contributed by atoms with van der Waals surface area (Å²) in [5.41, 5.74) is 0.981. The van der Waals surface area contributed by atoms with Gasteiger partial charge in [0.05, 0.1) is 0 Å². The molecule has 0 amide bonds. The van der Waals surface area contributed by atoms with E-state index < -0.39 is 10.0 Å². The molecule has 1 aromatic heterocycles. The summed E-state index contributed by atoms with van der Waals surface area (Å²) in [6.45, 7) is 5.01. The van der Waals surface area contributed by atoms with E-state index in [1.165, 1.54) is 6.42 Å². The van der Waals surface area contributed by atoms with Gasteiger partial charge in [-0.15, -0.1) is 4.83 Å². The summed E-state index contributed by atoms with van der Waals surface area (Å²) in [6.07, 6.45) is 4.97. The summed E-state index contributed by atoms with van der Waals surface area (Å²) in [6, 6.07) is 1.74. The van der Waals surface area contributed by atoms with Crippen LogP contribution in [-0.4, -0.2) is 38.1 Å². The molecule has 1 aliphatic heterocycles. The molecule has 1 aliphatic rings. The van der Waals surface area contributed by atoms with Crippen molar-refractivity contribution in [2.24, 2.45) is 0 Å². The molecule has 1 fully saturated rings. The van der Waals surface area contributed by atoms with E-state index in [4.69, 9.17) is 0 Å². The fourth-order valence-corrected chi connectivity index (χ4v) is 3.69. The van der Waals surface area contributed by atoms with E-state index in [1.54, 1.807) is 17.3 Å². The highest BCUT2D eigenvalue weighted by atomic mass is 32.2. The van der Waals surface area contributed by atoms with Crippen LogP contribution in [0.1, 0.15) is 31.9 Å². The molecular formula is C13H24N4O2S. The van der Waals surface area contributed by atoms with Gasteiger partial charge in [-0.3, -0.25) is 0 Å². The molecule has 0 aromatic carbocycles. The summed E-state index contributed by atoms with van der Waals surface area (Å²) in [4.78, 5) is 3.03. The van der Waals surface area contributed by atoms with E-state index >= 15 is 0 Å². The molecule has 6 nitrogen and oxygen atoms in total. The molecule has 20 heavy (non-hydrogen) atoms. The molecule has 2 rings (SSSR count). The summed E-state index contributed by atoms with van der Waals surface area (Å²) in [7, 11) is -1.61. The zero-order chi connectivity index (χ0) is 14.6. The molecule has 2 N–H and O–H groups in total. The maximum atomic E-state index is 12.4. The minimum Gasteiger partial charge on any atom is -0.349 e. The van der Waals surface area contributed by atoms with Crippen LogP contribution in [0.4, 0.5) is 0 Å². The third-order valence-electron chi connectivity index (χ3n) is 3.58. The predicted octanol–water partition coefficient (Wildman–Crippen LogP) is 0.907. The fraction of sp³-hybridized carbons (Fsp3) is 0.692. The minimum atomic E-state index is -3.46. The molecule has 2 heterocycles. The van der Waals surface area contributed by atoms with Crippen LogP contribution in [0.25, 0.3) is 0 Å². The molecule has 0 unspecified atom stereocenters. The average molecular weight is 300 g/mol. The molecule has 0 bridgehead atoms. The molecular weight excluding hydrogens is 276 g/mol. The lowest BCUT2D eigenvalue weighted by atomic mass is 10.2. The van der Waals surface area contributed by atoms with Crippen LogP contribution >= 0.6 is 0 Å². The van der Waals surface area contributed by atoms with Crippen molar-refractivity contribution >= 4 is 10.0 Å². The average Bonchev–Trinajstić information content (AvgIpc) is 2.84. The quantitative estimate of drug-likeness (QED) is 0.819. The first-order valence-electron chi connectivity index (χ1n) is 7.18. The molecule has 0 radical (unpaired) electrons. The topological polar surface area (TPSA) is 66.4 Å². The first-order valence-corrected chi connectivity index (χ1v) is 8.66. The summed E-state index contributed by atoms with van der Waals surface area (Å²) in [5, 5.41) is 4.86. The number of hydrazine groups is 1. The van der Waals surface area contributed by atoms with Crippen LogP contribution in [0, 0.1) is 0 Å². The van der Waals surface area contributed by atoms with E-state index in [0.717, 1.165) is 38.2 Å². The van der Waals surface area contributed by atoms with E-state index in [0.29, 0.717) is 11.4 Å². The smallest absolute Gasteiger partial charge is 0.254 e. The van der Waals surface area contributed by atoms with Crippen molar-refractivity contribution in [3.8, 4) is 0 Å². The zero-order valence-corrected chi connectivity index (χ0v) is 13.0. The number of nitrogens with zero attached hydrogens (tertiary/aromatic N) is 2. The minimum absolute atomic E-state index is 0.343. The predicted molar refractivity (Wildman–Crippen MR) is 78.6 cm³/mol. The molecule has 114 valence electrons. The lowest BCUT2D eigenvalue weighted by Gasteiger charge is -2.26. The molecule has 1 aromatic rings. The molecule has 1 saturated heterocycles. The first-order chi connectivity index (χ1) is 9.56. The highest BCUT2D eigenvalue weighted by Gasteiger charge is 2.22. The van der Waals surface area contributed by atoms with Gasteiger partial charge in [0, 0.05) is 38.1 Å². The normalized spacial score (nSPS) is 17.5. The van der Waals surface area contributed by atoms with Crippen LogP contribution in [0.3, 0.4) is 0 Å². The largest absolute Gasteiger partial charge is 0.349 e. The van der Waals surface area contributed by atoms with E-state index in [-0.39, 0.29) is 0 Å². The lowest BCUT2D eigenvalue weighted by molar-refractivity contribution is 0.200.